The molecule has 0 N–H and O–H groups in total. The van der Waals surface area contributed by atoms with Crippen molar-refractivity contribution >= 4 is 37.1 Å². The average Bonchev–Trinajstić information content (AvgIpc) is 2.81. The second-order valence-corrected chi connectivity index (χ2v) is 12.5. The summed E-state index contributed by atoms with van der Waals surface area (Å²) in [6, 6.07) is 44.6. The molecule has 0 aliphatic heterocycles. The molecule has 32 heavy (non-hydrogen) atoms. The van der Waals surface area contributed by atoms with Crippen LogP contribution in [0.15, 0.2) is 121 Å². The Morgan fingerprint density at radius 1 is 0.375 bits per heavy atom. The quantitative estimate of drug-likeness (QED) is 0.143. The van der Waals surface area contributed by atoms with Gasteiger partial charge in [0.25, 0.3) is 0 Å². The first-order valence-electron chi connectivity index (χ1n) is 10.3. The van der Waals surface area contributed by atoms with Gasteiger partial charge in [0.2, 0.25) is 0 Å². The molecule has 0 aliphatic carbocycles. The van der Waals surface area contributed by atoms with Gasteiger partial charge in [-0.25, -0.2) is 0 Å². The molecule has 0 saturated heterocycles. The van der Waals surface area contributed by atoms with Gasteiger partial charge < -0.3 is 14.9 Å². The van der Waals surface area contributed by atoms with E-state index in [-0.39, 0.29) is 35.3 Å². The van der Waals surface area contributed by atoms with Gasteiger partial charge in [-0.1, -0.05) is 72.8 Å². The molecule has 4 aromatic carbocycles. The minimum Gasteiger partial charge on any atom is -0.358 e. The molecule has 0 spiro atoms. The van der Waals surface area contributed by atoms with Crippen LogP contribution in [0.4, 0.5) is 0 Å². The van der Waals surface area contributed by atoms with Crippen LogP contribution in [0.2, 0.25) is 0 Å². The van der Waals surface area contributed by atoms with Gasteiger partial charge in [0.15, 0.2) is 0 Å². The van der Waals surface area contributed by atoms with Gasteiger partial charge in [0.1, 0.15) is 0 Å². The van der Waals surface area contributed by atoms with E-state index in [9.17, 15) is 0 Å². The monoisotopic (exact) mass is 550 g/mol. The molecule has 0 unspecified atom stereocenters. The summed E-state index contributed by atoms with van der Waals surface area (Å²) in [4.78, 5) is 0. The van der Waals surface area contributed by atoms with Crippen molar-refractivity contribution in [2.75, 3.05) is 12.3 Å². The number of hydrogen-bond acceptors (Lipinski definition) is 0. The Bertz CT molecular complexity index is 815. The van der Waals surface area contributed by atoms with Crippen LogP contribution in [-0.2, 0) is 20.4 Å². The molecule has 0 nitrogen and oxygen atoms in total. The van der Waals surface area contributed by atoms with Crippen LogP contribution in [0.3, 0.4) is 0 Å². The van der Waals surface area contributed by atoms with E-state index in [0.29, 0.717) is 0 Å². The minimum absolute atomic E-state index is 0. The van der Waals surface area contributed by atoms with Crippen molar-refractivity contribution in [1.29, 1.82) is 0 Å². The van der Waals surface area contributed by atoms with E-state index < -0.39 is 15.8 Å². The van der Waals surface area contributed by atoms with Crippen LogP contribution in [-0.4, -0.2) is 12.3 Å². The van der Waals surface area contributed by atoms with Gasteiger partial charge in [0.05, 0.1) is 49.4 Å². The molecule has 0 heterocycles. The Kier molecular flexibility index (Phi) is 13.6. The van der Waals surface area contributed by atoms with Crippen molar-refractivity contribution in [1.82, 2.24) is 0 Å². The molecule has 3 heteroatoms. The fourth-order valence-electron chi connectivity index (χ4n) is 3.91. The van der Waals surface area contributed by atoms with E-state index in [1.165, 1.54) is 40.0 Å². The summed E-state index contributed by atoms with van der Waals surface area (Å²) < 4.78 is 0. The maximum absolute atomic E-state index is 2.32. The third-order valence-electron chi connectivity index (χ3n) is 5.34. The zero-order valence-electron chi connectivity index (χ0n) is 19.0. The van der Waals surface area contributed by atoms with Gasteiger partial charge >= 0.3 is 20.4 Å². The molecule has 0 aromatic heterocycles. The Labute approximate surface area is 211 Å². The van der Waals surface area contributed by atoms with Gasteiger partial charge in [0, 0.05) is 6.42 Å². The Balaban J connectivity index is 0.00000171. The predicted octanol–water partition coefficient (Wildman–Crippen LogP) is 6.00. The molecule has 168 valence electrons. The third kappa shape index (κ3) is 7.77. The summed E-state index contributed by atoms with van der Waals surface area (Å²) in [5.74, 6) is 0. The van der Waals surface area contributed by atoms with Gasteiger partial charge in [-0.2, -0.15) is 0 Å². The normalized spacial score (nSPS) is 10.1. The molecule has 0 atom stereocenters. The fraction of sp³-hybridized carbons (Fsp3) is 0.103. The molecule has 0 aliphatic rings. The zero-order valence-corrected chi connectivity index (χ0v) is 22.5. The predicted molar refractivity (Wildman–Crippen MR) is 148 cm³/mol. The number of hydrogen-bond donors (Lipinski definition) is 0. The molecule has 4 aromatic rings. The summed E-state index contributed by atoms with van der Waals surface area (Å²) in [6.45, 7) is 0. The van der Waals surface area contributed by atoms with E-state index in [1.807, 2.05) is 0 Å². The molecule has 0 bridgehead atoms. The third-order valence-corrected chi connectivity index (χ3v) is 11.2. The van der Waals surface area contributed by atoms with E-state index in [4.69, 9.17) is 0 Å². The number of rotatable bonds is 8. The number of benzene rings is 4. The SMILES string of the molecule is [CH3-].[CH3-].[Pd+2].c1ccc([PH+](CCC[PH+](c2ccccc2)c2ccccc2)c2ccccc2)cc1. The molecular formula is C29H34P2Pd+2. The van der Waals surface area contributed by atoms with Crippen molar-refractivity contribution in [3.63, 3.8) is 0 Å². The molecule has 0 radical (unpaired) electrons. The first-order chi connectivity index (χ1) is 14.4. The Hall–Kier alpha value is -1.60. The van der Waals surface area contributed by atoms with Crippen molar-refractivity contribution in [2.24, 2.45) is 0 Å². The average molecular weight is 551 g/mol. The summed E-state index contributed by atoms with van der Waals surface area (Å²) in [6.07, 6.45) is 3.84. The zero-order chi connectivity index (χ0) is 19.7. The van der Waals surface area contributed by atoms with E-state index >= 15 is 0 Å². The summed E-state index contributed by atoms with van der Waals surface area (Å²) in [5.41, 5.74) is 0. The van der Waals surface area contributed by atoms with E-state index in [2.05, 4.69) is 121 Å². The maximum atomic E-state index is 2.32. The summed E-state index contributed by atoms with van der Waals surface area (Å²) >= 11 is 0. The van der Waals surface area contributed by atoms with Crippen molar-refractivity contribution in [2.45, 2.75) is 6.42 Å². The Morgan fingerprint density at radius 2 is 0.594 bits per heavy atom. The molecule has 0 saturated carbocycles. The van der Waals surface area contributed by atoms with Crippen LogP contribution in [0.1, 0.15) is 6.42 Å². The molecule has 0 amide bonds. The Morgan fingerprint density at radius 3 is 0.812 bits per heavy atom. The smallest absolute Gasteiger partial charge is 0.358 e. The molecule has 4 rings (SSSR count). The molecular weight excluding hydrogens is 517 g/mol. The summed E-state index contributed by atoms with van der Waals surface area (Å²) in [5, 5.41) is 6.10. The van der Waals surface area contributed by atoms with Gasteiger partial charge in [-0.3, -0.25) is 0 Å². The topological polar surface area (TPSA) is 0 Å². The largest absolute Gasteiger partial charge is 2.00 e. The molecule has 0 fully saturated rings. The fourth-order valence-corrected chi connectivity index (χ4v) is 9.52. The first-order valence-corrected chi connectivity index (χ1v) is 13.8. The van der Waals surface area contributed by atoms with Crippen LogP contribution in [0, 0.1) is 14.9 Å². The minimum atomic E-state index is -0.742. The van der Waals surface area contributed by atoms with Gasteiger partial charge in [-0.05, 0) is 48.5 Å². The second kappa shape index (κ2) is 15.3. The first kappa shape index (κ1) is 28.4. The van der Waals surface area contributed by atoms with Gasteiger partial charge in [-0.15, -0.1) is 0 Å². The van der Waals surface area contributed by atoms with Crippen molar-refractivity contribution in [3.05, 3.63) is 136 Å². The standard InChI is InChI=1S/C27H26P2.2CH3.Pd/c1-5-14-24(15-6-1)28(25-16-7-2-8-17-25)22-13-23-29(26-18-9-3-10-19-26)27-20-11-4-12-21-27;;;/h1-12,14-21H,13,22-23H2;2*1H3;/q;2*-1;+2/p+2. The van der Waals surface area contributed by atoms with Crippen LogP contribution in [0.25, 0.3) is 0 Å². The van der Waals surface area contributed by atoms with E-state index in [1.54, 1.807) is 0 Å². The van der Waals surface area contributed by atoms with E-state index in [0.717, 1.165) is 0 Å². The van der Waals surface area contributed by atoms with Crippen LogP contribution >= 0.6 is 15.8 Å². The van der Waals surface area contributed by atoms with Crippen LogP contribution in [0.5, 0.6) is 0 Å². The van der Waals surface area contributed by atoms with Crippen molar-refractivity contribution < 1.29 is 20.4 Å². The second-order valence-electron chi connectivity index (χ2n) is 7.27. The maximum Gasteiger partial charge on any atom is 2.00 e. The van der Waals surface area contributed by atoms with Crippen LogP contribution < -0.4 is 21.2 Å². The van der Waals surface area contributed by atoms with Crippen molar-refractivity contribution in [3.8, 4) is 0 Å². The summed E-state index contributed by atoms with van der Waals surface area (Å²) in [7, 11) is -1.48.